The highest BCUT2D eigenvalue weighted by molar-refractivity contribution is 7.98. The maximum Gasteiger partial charge on any atom is 0.246 e. The SMILES string of the molecule is Nc1nnc(SCc2ccccc2Cl)n1CC(=O)Nc1nccs1. The van der Waals surface area contributed by atoms with Crippen molar-refractivity contribution < 1.29 is 4.79 Å². The van der Waals surface area contributed by atoms with Gasteiger partial charge in [-0.25, -0.2) is 4.98 Å². The van der Waals surface area contributed by atoms with Crippen molar-refractivity contribution in [2.75, 3.05) is 11.1 Å². The summed E-state index contributed by atoms with van der Waals surface area (Å²) in [6.07, 6.45) is 1.62. The molecule has 10 heteroatoms. The zero-order valence-electron chi connectivity index (χ0n) is 12.3. The second kappa shape index (κ2) is 7.65. The molecule has 3 N–H and O–H groups in total. The van der Waals surface area contributed by atoms with E-state index in [1.807, 2.05) is 24.3 Å². The number of carbonyl (C=O) groups excluding carboxylic acids is 1. The van der Waals surface area contributed by atoms with Crippen LogP contribution in [0.1, 0.15) is 5.56 Å². The van der Waals surface area contributed by atoms with Crippen LogP contribution in [0.15, 0.2) is 41.0 Å². The van der Waals surface area contributed by atoms with Crippen molar-refractivity contribution in [1.29, 1.82) is 0 Å². The number of thiazole rings is 1. The van der Waals surface area contributed by atoms with E-state index in [-0.39, 0.29) is 18.4 Å². The van der Waals surface area contributed by atoms with Gasteiger partial charge in [0.25, 0.3) is 0 Å². The van der Waals surface area contributed by atoms with E-state index in [1.165, 1.54) is 23.1 Å². The molecule has 0 aliphatic rings. The first-order valence-corrected chi connectivity index (χ1v) is 9.12. The van der Waals surface area contributed by atoms with Crippen LogP contribution in [0.3, 0.4) is 0 Å². The molecule has 0 saturated heterocycles. The van der Waals surface area contributed by atoms with Crippen molar-refractivity contribution in [1.82, 2.24) is 19.7 Å². The van der Waals surface area contributed by atoms with Gasteiger partial charge < -0.3 is 11.1 Å². The molecule has 0 saturated carbocycles. The van der Waals surface area contributed by atoms with Gasteiger partial charge in [-0.2, -0.15) is 0 Å². The molecule has 2 heterocycles. The fraction of sp³-hybridized carbons (Fsp3) is 0.143. The van der Waals surface area contributed by atoms with Gasteiger partial charge in [-0.1, -0.05) is 41.6 Å². The first-order chi connectivity index (χ1) is 11.6. The number of benzene rings is 1. The minimum atomic E-state index is -0.240. The molecule has 7 nitrogen and oxygen atoms in total. The molecule has 124 valence electrons. The molecule has 0 aliphatic carbocycles. The first kappa shape index (κ1) is 16.7. The number of hydrogen-bond acceptors (Lipinski definition) is 7. The Morgan fingerprint density at radius 3 is 2.96 bits per heavy atom. The van der Waals surface area contributed by atoms with Gasteiger partial charge in [0.1, 0.15) is 6.54 Å². The molecule has 0 fully saturated rings. The van der Waals surface area contributed by atoms with Crippen LogP contribution in [-0.4, -0.2) is 25.7 Å². The third kappa shape index (κ3) is 4.05. The Morgan fingerprint density at radius 2 is 2.21 bits per heavy atom. The largest absolute Gasteiger partial charge is 0.368 e. The van der Waals surface area contributed by atoms with Gasteiger partial charge >= 0.3 is 0 Å². The van der Waals surface area contributed by atoms with Gasteiger partial charge in [-0.05, 0) is 11.6 Å². The van der Waals surface area contributed by atoms with Gasteiger partial charge in [0.2, 0.25) is 11.9 Å². The van der Waals surface area contributed by atoms with E-state index in [0.29, 0.717) is 21.1 Å². The van der Waals surface area contributed by atoms with Crippen LogP contribution in [-0.2, 0) is 17.1 Å². The Labute approximate surface area is 151 Å². The number of nitrogen functional groups attached to an aromatic ring is 1. The van der Waals surface area contributed by atoms with Gasteiger partial charge in [-0.15, -0.1) is 21.5 Å². The maximum absolute atomic E-state index is 12.1. The Hall–Kier alpha value is -2.10. The Morgan fingerprint density at radius 1 is 1.38 bits per heavy atom. The molecule has 24 heavy (non-hydrogen) atoms. The van der Waals surface area contributed by atoms with E-state index < -0.39 is 0 Å². The van der Waals surface area contributed by atoms with Crippen molar-refractivity contribution in [2.24, 2.45) is 0 Å². The number of hydrogen-bond donors (Lipinski definition) is 2. The summed E-state index contributed by atoms with van der Waals surface area (Å²) in [5.74, 6) is 0.549. The van der Waals surface area contributed by atoms with Crippen molar-refractivity contribution in [2.45, 2.75) is 17.5 Å². The molecule has 0 spiro atoms. The maximum atomic E-state index is 12.1. The predicted molar refractivity (Wildman–Crippen MR) is 96.2 cm³/mol. The summed E-state index contributed by atoms with van der Waals surface area (Å²) >= 11 is 8.91. The minimum absolute atomic E-state index is 0.0171. The summed E-state index contributed by atoms with van der Waals surface area (Å²) in [5, 5.41) is 14.1. The monoisotopic (exact) mass is 380 g/mol. The first-order valence-electron chi connectivity index (χ1n) is 6.87. The highest BCUT2D eigenvalue weighted by atomic mass is 35.5. The molecule has 1 aromatic carbocycles. The van der Waals surface area contributed by atoms with Crippen molar-refractivity contribution in [3.63, 3.8) is 0 Å². The number of nitrogens with one attached hydrogen (secondary N) is 1. The zero-order chi connectivity index (χ0) is 16.9. The topological polar surface area (TPSA) is 98.7 Å². The number of halogens is 1. The van der Waals surface area contributed by atoms with Crippen molar-refractivity contribution in [3.8, 4) is 0 Å². The van der Waals surface area contributed by atoms with Crippen molar-refractivity contribution in [3.05, 3.63) is 46.4 Å². The molecular formula is C14H13ClN6OS2. The predicted octanol–water partition coefficient (Wildman–Crippen LogP) is 2.90. The van der Waals surface area contributed by atoms with Crippen LogP contribution in [0.4, 0.5) is 11.1 Å². The van der Waals surface area contributed by atoms with Gasteiger partial charge in [0, 0.05) is 22.4 Å². The molecule has 0 unspecified atom stereocenters. The van der Waals surface area contributed by atoms with Crippen LogP contribution >= 0.6 is 34.7 Å². The summed E-state index contributed by atoms with van der Waals surface area (Å²) < 4.78 is 1.56. The van der Waals surface area contributed by atoms with Crippen LogP contribution < -0.4 is 11.1 Å². The summed E-state index contributed by atoms with van der Waals surface area (Å²) in [5.41, 5.74) is 6.80. The smallest absolute Gasteiger partial charge is 0.246 e. The number of nitrogens with two attached hydrogens (primary N) is 1. The van der Waals surface area contributed by atoms with Gasteiger partial charge in [0.05, 0.1) is 0 Å². The quantitative estimate of drug-likeness (QED) is 0.638. The molecule has 3 rings (SSSR count). The number of aromatic nitrogens is 4. The fourth-order valence-electron chi connectivity index (χ4n) is 1.90. The fourth-order valence-corrected chi connectivity index (χ4v) is 3.68. The third-order valence-electron chi connectivity index (χ3n) is 3.04. The highest BCUT2D eigenvalue weighted by Crippen LogP contribution is 2.26. The number of carbonyl (C=O) groups is 1. The normalized spacial score (nSPS) is 10.7. The van der Waals surface area contributed by atoms with Gasteiger partial charge in [0.15, 0.2) is 10.3 Å². The minimum Gasteiger partial charge on any atom is -0.368 e. The van der Waals surface area contributed by atoms with Crippen LogP contribution in [0.5, 0.6) is 0 Å². The standard InChI is InChI=1S/C14H13ClN6OS2/c15-10-4-2-1-3-9(10)8-24-14-20-19-12(16)21(14)7-11(22)18-13-17-5-6-23-13/h1-6H,7-8H2,(H2,16,19)(H,17,18,22). The van der Waals surface area contributed by atoms with E-state index in [1.54, 1.807) is 16.1 Å². The van der Waals surface area contributed by atoms with E-state index in [2.05, 4.69) is 20.5 Å². The zero-order valence-corrected chi connectivity index (χ0v) is 14.7. The molecule has 1 amide bonds. The molecule has 0 atom stereocenters. The van der Waals surface area contributed by atoms with Crippen molar-refractivity contribution >= 4 is 51.7 Å². The molecule has 0 bridgehead atoms. The lowest BCUT2D eigenvalue weighted by atomic mass is 10.2. The van der Waals surface area contributed by atoms with Crippen LogP contribution in [0.25, 0.3) is 0 Å². The summed E-state index contributed by atoms with van der Waals surface area (Å²) in [6.45, 7) is 0.0171. The van der Waals surface area contributed by atoms with Crippen LogP contribution in [0, 0.1) is 0 Å². The Kier molecular flexibility index (Phi) is 5.34. The summed E-state index contributed by atoms with van der Waals surface area (Å²) in [7, 11) is 0. The third-order valence-corrected chi connectivity index (χ3v) is 5.11. The van der Waals surface area contributed by atoms with E-state index in [4.69, 9.17) is 17.3 Å². The Balaban J connectivity index is 1.67. The average Bonchev–Trinajstić information content (AvgIpc) is 3.18. The lowest BCUT2D eigenvalue weighted by Gasteiger charge is -2.08. The average molecular weight is 381 g/mol. The summed E-state index contributed by atoms with van der Waals surface area (Å²) in [4.78, 5) is 16.1. The molecule has 3 aromatic rings. The lowest BCUT2D eigenvalue weighted by Crippen LogP contribution is -2.20. The number of thioether (sulfide) groups is 1. The van der Waals surface area contributed by atoms with E-state index in [9.17, 15) is 4.79 Å². The second-order valence-electron chi connectivity index (χ2n) is 4.69. The van der Waals surface area contributed by atoms with E-state index >= 15 is 0 Å². The summed E-state index contributed by atoms with van der Waals surface area (Å²) in [6, 6.07) is 7.56. The highest BCUT2D eigenvalue weighted by Gasteiger charge is 2.15. The van der Waals surface area contributed by atoms with Crippen LogP contribution in [0.2, 0.25) is 5.02 Å². The molecular weight excluding hydrogens is 368 g/mol. The second-order valence-corrected chi connectivity index (χ2v) is 6.94. The lowest BCUT2D eigenvalue weighted by molar-refractivity contribution is -0.116. The number of anilines is 2. The number of nitrogens with zero attached hydrogens (tertiary/aromatic N) is 4. The number of rotatable bonds is 6. The Bertz CT molecular complexity index is 836. The molecule has 2 aromatic heterocycles. The molecule has 0 radical (unpaired) electrons. The van der Waals surface area contributed by atoms with E-state index in [0.717, 1.165) is 5.56 Å². The molecule has 0 aliphatic heterocycles. The van der Waals surface area contributed by atoms with Gasteiger partial charge in [-0.3, -0.25) is 9.36 Å². The number of amides is 1.